The molecular weight excluding hydrogens is 393 g/mol. The van der Waals surface area contributed by atoms with Crippen molar-refractivity contribution in [1.82, 2.24) is 4.90 Å². The summed E-state index contributed by atoms with van der Waals surface area (Å²) < 4.78 is 13.9. The Morgan fingerprint density at radius 2 is 1.81 bits per heavy atom. The Morgan fingerprint density at radius 3 is 2.50 bits per heavy atom. The van der Waals surface area contributed by atoms with Crippen LogP contribution in [0, 0.1) is 18.3 Å². The highest BCUT2D eigenvalue weighted by atomic mass is 19.1. The summed E-state index contributed by atoms with van der Waals surface area (Å²) in [5, 5.41) is 0. The van der Waals surface area contributed by atoms with Crippen LogP contribution in [-0.4, -0.2) is 25.5 Å². The second kappa shape index (κ2) is 10.1. The second-order valence-electron chi connectivity index (χ2n) is 11.2. The molecule has 3 aliphatic carbocycles. The topological polar surface area (TPSA) is 3.24 Å². The molecule has 0 N–H and O–H groups in total. The maximum atomic E-state index is 13.9. The predicted molar refractivity (Wildman–Crippen MR) is 136 cm³/mol. The largest absolute Gasteiger partial charge is 0.306 e. The van der Waals surface area contributed by atoms with Crippen molar-refractivity contribution in [2.45, 2.75) is 84.5 Å². The molecule has 2 saturated carbocycles. The number of halogens is 1. The van der Waals surface area contributed by atoms with Crippen molar-refractivity contribution in [3.8, 4) is 0 Å². The van der Waals surface area contributed by atoms with Gasteiger partial charge in [0.15, 0.2) is 0 Å². The van der Waals surface area contributed by atoms with E-state index in [-0.39, 0.29) is 5.83 Å². The van der Waals surface area contributed by atoms with E-state index in [9.17, 15) is 4.39 Å². The molecule has 174 valence electrons. The minimum atomic E-state index is 0.0466. The van der Waals surface area contributed by atoms with Crippen molar-refractivity contribution in [1.29, 1.82) is 0 Å². The molecule has 0 saturated heterocycles. The van der Waals surface area contributed by atoms with E-state index in [1.54, 1.807) is 0 Å². The lowest BCUT2D eigenvalue weighted by molar-refractivity contribution is 0.0110. The Morgan fingerprint density at radius 1 is 1.06 bits per heavy atom. The summed E-state index contributed by atoms with van der Waals surface area (Å²) in [6.45, 7) is 5.08. The lowest BCUT2D eigenvalue weighted by atomic mass is 9.55. The molecule has 4 rings (SSSR count). The van der Waals surface area contributed by atoms with E-state index in [1.807, 2.05) is 6.92 Å². The van der Waals surface area contributed by atoms with Crippen molar-refractivity contribution >= 4 is 11.6 Å². The maximum absolute atomic E-state index is 13.9. The third-order valence-corrected chi connectivity index (χ3v) is 8.21. The molecule has 1 spiro atoms. The van der Waals surface area contributed by atoms with E-state index in [0.29, 0.717) is 6.42 Å². The minimum Gasteiger partial charge on any atom is -0.306 e. The molecular formula is C30H42FN. The molecule has 0 atom stereocenters. The maximum Gasteiger partial charge on any atom is 0.103 e. The molecule has 2 fully saturated rings. The molecule has 1 nitrogen and oxygen atoms in total. The fourth-order valence-corrected chi connectivity index (χ4v) is 6.40. The summed E-state index contributed by atoms with van der Waals surface area (Å²) in [5.74, 6) is 0.967. The number of rotatable bonds is 7. The SMILES string of the molecule is CC1=C(F)CCC(c2cc(/C=C/CN(C)C)c(CCC3CC4(CCCCC4)C3)cc2C)=C1. The zero-order valence-electron chi connectivity index (χ0n) is 20.8. The van der Waals surface area contributed by atoms with Gasteiger partial charge in [-0.1, -0.05) is 43.6 Å². The molecule has 0 amide bonds. The van der Waals surface area contributed by atoms with Gasteiger partial charge in [0.25, 0.3) is 0 Å². The molecule has 0 heterocycles. The van der Waals surface area contributed by atoms with E-state index in [2.05, 4.69) is 56.3 Å². The van der Waals surface area contributed by atoms with Gasteiger partial charge in [-0.2, -0.15) is 0 Å². The van der Waals surface area contributed by atoms with Crippen LogP contribution in [0.3, 0.4) is 0 Å². The minimum absolute atomic E-state index is 0.0466. The van der Waals surface area contributed by atoms with Gasteiger partial charge in [-0.3, -0.25) is 0 Å². The van der Waals surface area contributed by atoms with Crippen LogP contribution in [0.2, 0.25) is 0 Å². The van der Waals surface area contributed by atoms with Crippen LogP contribution in [0.15, 0.2) is 35.7 Å². The van der Waals surface area contributed by atoms with Crippen molar-refractivity contribution in [2.75, 3.05) is 20.6 Å². The Balaban J connectivity index is 1.51. The first kappa shape index (κ1) is 23.5. The molecule has 0 radical (unpaired) electrons. The van der Waals surface area contributed by atoms with E-state index in [4.69, 9.17) is 0 Å². The van der Waals surface area contributed by atoms with Crippen LogP contribution in [0.1, 0.15) is 93.4 Å². The van der Waals surface area contributed by atoms with Crippen molar-refractivity contribution in [2.24, 2.45) is 11.3 Å². The normalized spacial score (nSPS) is 21.5. The molecule has 0 aromatic heterocycles. The molecule has 1 aromatic rings. The third kappa shape index (κ3) is 5.45. The van der Waals surface area contributed by atoms with Gasteiger partial charge in [0.05, 0.1) is 0 Å². The van der Waals surface area contributed by atoms with Crippen LogP contribution >= 0.6 is 0 Å². The first-order valence-corrected chi connectivity index (χ1v) is 12.9. The van der Waals surface area contributed by atoms with Crippen molar-refractivity contribution < 1.29 is 4.39 Å². The van der Waals surface area contributed by atoms with Gasteiger partial charge in [-0.25, -0.2) is 4.39 Å². The first-order chi connectivity index (χ1) is 15.3. The molecule has 3 aliphatic rings. The van der Waals surface area contributed by atoms with Crippen LogP contribution in [0.5, 0.6) is 0 Å². The number of allylic oxidation sites excluding steroid dienone is 4. The zero-order chi connectivity index (χ0) is 22.7. The Hall–Kier alpha value is -1.67. The van der Waals surface area contributed by atoms with Gasteiger partial charge >= 0.3 is 0 Å². The molecule has 1 aromatic carbocycles. The highest BCUT2D eigenvalue weighted by Crippen LogP contribution is 2.56. The first-order valence-electron chi connectivity index (χ1n) is 12.9. The number of hydrogen-bond donors (Lipinski definition) is 0. The quantitative estimate of drug-likeness (QED) is 0.416. The predicted octanol–water partition coefficient (Wildman–Crippen LogP) is 8.28. The van der Waals surface area contributed by atoms with Gasteiger partial charge in [-0.15, -0.1) is 0 Å². The van der Waals surface area contributed by atoms with E-state index < -0.39 is 0 Å². The number of benzene rings is 1. The van der Waals surface area contributed by atoms with E-state index >= 15 is 0 Å². The van der Waals surface area contributed by atoms with Gasteiger partial charge in [0.1, 0.15) is 5.83 Å². The molecule has 0 unspecified atom stereocenters. The fourth-order valence-electron chi connectivity index (χ4n) is 6.40. The highest BCUT2D eigenvalue weighted by Gasteiger charge is 2.43. The monoisotopic (exact) mass is 435 g/mol. The number of aryl methyl sites for hydroxylation is 2. The summed E-state index contributed by atoms with van der Waals surface area (Å²) in [4.78, 5) is 2.20. The average Bonchev–Trinajstić information content (AvgIpc) is 2.74. The van der Waals surface area contributed by atoms with Gasteiger partial charge in [0.2, 0.25) is 0 Å². The van der Waals surface area contributed by atoms with Crippen molar-refractivity contribution in [3.63, 3.8) is 0 Å². The Labute approximate surface area is 195 Å². The summed E-state index contributed by atoms with van der Waals surface area (Å²) >= 11 is 0. The van der Waals surface area contributed by atoms with Gasteiger partial charge in [-0.05, 0) is 124 Å². The molecule has 2 heteroatoms. The van der Waals surface area contributed by atoms with Crippen LogP contribution in [0.4, 0.5) is 4.39 Å². The Kier molecular flexibility index (Phi) is 7.40. The molecule has 0 bridgehead atoms. The lowest BCUT2D eigenvalue weighted by Crippen LogP contribution is -2.38. The smallest absolute Gasteiger partial charge is 0.103 e. The summed E-state index contributed by atoms with van der Waals surface area (Å²) in [6, 6.07) is 4.80. The van der Waals surface area contributed by atoms with Crippen LogP contribution in [0.25, 0.3) is 11.6 Å². The summed E-state index contributed by atoms with van der Waals surface area (Å²) in [5.41, 5.74) is 8.28. The standard InChI is InChI=1S/C30H42FN/c1-22-17-26(11-10-24-20-30(21-24)14-6-5-7-15-30)25(9-8-16-32(3)4)19-28(22)27-12-13-29(31)23(2)18-27/h8-9,17-19,24H,5-7,10-16,20-21H2,1-4H3/b9-8+. The van der Waals surface area contributed by atoms with Gasteiger partial charge < -0.3 is 4.90 Å². The second-order valence-corrected chi connectivity index (χ2v) is 11.2. The third-order valence-electron chi connectivity index (χ3n) is 8.21. The Bertz CT molecular complexity index is 903. The highest BCUT2D eigenvalue weighted by molar-refractivity contribution is 5.75. The van der Waals surface area contributed by atoms with Crippen LogP contribution < -0.4 is 0 Å². The number of hydrogen-bond acceptors (Lipinski definition) is 1. The summed E-state index contributed by atoms with van der Waals surface area (Å²) in [6.07, 6.45) is 20.8. The molecule has 0 aliphatic heterocycles. The number of likely N-dealkylation sites (N-methyl/N-ethyl adjacent to an activating group) is 1. The van der Waals surface area contributed by atoms with E-state index in [1.165, 1.54) is 85.6 Å². The zero-order valence-corrected chi connectivity index (χ0v) is 20.8. The summed E-state index contributed by atoms with van der Waals surface area (Å²) in [7, 11) is 4.22. The van der Waals surface area contributed by atoms with E-state index in [0.717, 1.165) is 29.9 Å². The average molecular weight is 436 g/mol. The van der Waals surface area contributed by atoms with Gasteiger partial charge in [0, 0.05) is 13.0 Å². The van der Waals surface area contributed by atoms with Crippen molar-refractivity contribution in [3.05, 3.63) is 57.9 Å². The lowest BCUT2D eigenvalue weighted by Gasteiger charge is -2.50. The molecule has 32 heavy (non-hydrogen) atoms. The number of nitrogens with zero attached hydrogens (tertiary/aromatic N) is 1. The fraction of sp³-hybridized carbons (Fsp3) is 0.600. The van der Waals surface area contributed by atoms with Crippen LogP contribution in [-0.2, 0) is 6.42 Å².